The Labute approximate surface area is 81.9 Å². The van der Waals surface area contributed by atoms with Crippen molar-refractivity contribution in [2.45, 2.75) is 12.5 Å². The zero-order valence-corrected chi connectivity index (χ0v) is 8.05. The first kappa shape index (κ1) is 9.21. The molecule has 1 aliphatic heterocycles. The Balaban J connectivity index is 2.13. The SMILES string of the molecule is Cn1nccc1C(=O)N1CCC(O)C1. The van der Waals surface area contributed by atoms with E-state index in [-0.39, 0.29) is 12.0 Å². The average Bonchev–Trinajstić information content (AvgIpc) is 2.73. The van der Waals surface area contributed by atoms with Gasteiger partial charge in [-0.1, -0.05) is 0 Å². The molecular weight excluding hydrogens is 182 g/mol. The molecule has 2 heterocycles. The van der Waals surface area contributed by atoms with Gasteiger partial charge in [0.2, 0.25) is 0 Å². The quantitative estimate of drug-likeness (QED) is 0.665. The number of carbonyl (C=O) groups is 1. The number of aliphatic hydroxyl groups is 1. The van der Waals surface area contributed by atoms with Crippen molar-refractivity contribution in [3.63, 3.8) is 0 Å². The van der Waals surface area contributed by atoms with Crippen molar-refractivity contribution in [3.8, 4) is 0 Å². The molecule has 5 nitrogen and oxygen atoms in total. The standard InChI is InChI=1S/C9H13N3O2/c1-11-8(2-4-10-11)9(14)12-5-3-7(13)6-12/h2,4,7,13H,3,5-6H2,1H3. The molecule has 1 amide bonds. The number of aryl methyl sites for hydroxylation is 1. The second-order valence-corrected chi connectivity index (χ2v) is 3.53. The fourth-order valence-corrected chi connectivity index (χ4v) is 1.67. The summed E-state index contributed by atoms with van der Waals surface area (Å²) in [7, 11) is 1.74. The Morgan fingerprint density at radius 1 is 1.71 bits per heavy atom. The highest BCUT2D eigenvalue weighted by molar-refractivity contribution is 5.92. The zero-order valence-electron chi connectivity index (χ0n) is 8.05. The maximum atomic E-state index is 11.8. The van der Waals surface area contributed by atoms with Gasteiger partial charge in [0.15, 0.2) is 0 Å². The van der Waals surface area contributed by atoms with Crippen molar-refractivity contribution in [2.75, 3.05) is 13.1 Å². The lowest BCUT2D eigenvalue weighted by Crippen LogP contribution is -2.31. The van der Waals surface area contributed by atoms with Crippen LogP contribution in [0.25, 0.3) is 0 Å². The van der Waals surface area contributed by atoms with Crippen molar-refractivity contribution in [2.24, 2.45) is 7.05 Å². The second-order valence-electron chi connectivity index (χ2n) is 3.53. The smallest absolute Gasteiger partial charge is 0.272 e. The number of rotatable bonds is 1. The van der Waals surface area contributed by atoms with E-state index in [1.54, 1.807) is 28.9 Å². The number of aliphatic hydroxyl groups excluding tert-OH is 1. The summed E-state index contributed by atoms with van der Waals surface area (Å²) in [5.74, 6) is -0.0541. The van der Waals surface area contributed by atoms with Crippen LogP contribution in [0.2, 0.25) is 0 Å². The van der Waals surface area contributed by atoms with E-state index in [2.05, 4.69) is 5.10 Å². The number of hydrogen-bond acceptors (Lipinski definition) is 3. The summed E-state index contributed by atoms with van der Waals surface area (Å²) in [4.78, 5) is 13.5. The summed E-state index contributed by atoms with van der Waals surface area (Å²) in [5, 5.41) is 13.2. The number of carbonyl (C=O) groups excluding carboxylic acids is 1. The monoisotopic (exact) mass is 195 g/mol. The van der Waals surface area contributed by atoms with Gasteiger partial charge >= 0.3 is 0 Å². The van der Waals surface area contributed by atoms with Gasteiger partial charge < -0.3 is 10.0 Å². The van der Waals surface area contributed by atoms with Crippen molar-refractivity contribution >= 4 is 5.91 Å². The summed E-state index contributed by atoms with van der Waals surface area (Å²) in [6, 6.07) is 1.69. The molecule has 5 heteroatoms. The van der Waals surface area contributed by atoms with E-state index < -0.39 is 0 Å². The van der Waals surface area contributed by atoms with Crippen LogP contribution in [-0.4, -0.2) is 44.9 Å². The van der Waals surface area contributed by atoms with E-state index in [4.69, 9.17) is 0 Å². The first-order valence-electron chi connectivity index (χ1n) is 4.64. The first-order valence-corrected chi connectivity index (χ1v) is 4.64. The van der Waals surface area contributed by atoms with E-state index in [1.807, 2.05) is 0 Å². The van der Waals surface area contributed by atoms with Crippen LogP contribution in [0.1, 0.15) is 16.9 Å². The zero-order chi connectivity index (χ0) is 10.1. The van der Waals surface area contributed by atoms with Gasteiger partial charge in [0.05, 0.1) is 6.10 Å². The molecule has 76 valence electrons. The average molecular weight is 195 g/mol. The minimum absolute atomic E-state index is 0.0541. The third-order valence-corrected chi connectivity index (χ3v) is 2.49. The Bertz CT molecular complexity index is 348. The van der Waals surface area contributed by atoms with Crippen LogP contribution in [0.15, 0.2) is 12.3 Å². The predicted molar refractivity (Wildman–Crippen MR) is 49.7 cm³/mol. The number of likely N-dealkylation sites (tertiary alicyclic amines) is 1. The highest BCUT2D eigenvalue weighted by Gasteiger charge is 2.26. The number of nitrogens with zero attached hydrogens (tertiary/aromatic N) is 3. The molecule has 1 aliphatic rings. The predicted octanol–water partition coefficient (Wildman–Crippen LogP) is -0.373. The fourth-order valence-electron chi connectivity index (χ4n) is 1.67. The number of amides is 1. The van der Waals surface area contributed by atoms with Crippen LogP contribution in [0.5, 0.6) is 0 Å². The summed E-state index contributed by atoms with van der Waals surface area (Å²) < 4.78 is 1.55. The van der Waals surface area contributed by atoms with Gasteiger partial charge in [-0.25, -0.2) is 0 Å². The molecule has 1 fully saturated rings. The van der Waals surface area contributed by atoms with Crippen molar-refractivity contribution in [1.82, 2.24) is 14.7 Å². The van der Waals surface area contributed by atoms with Crippen LogP contribution < -0.4 is 0 Å². The molecule has 1 unspecified atom stereocenters. The van der Waals surface area contributed by atoms with E-state index >= 15 is 0 Å². The second kappa shape index (κ2) is 3.42. The van der Waals surface area contributed by atoms with Crippen LogP contribution in [-0.2, 0) is 7.05 Å². The van der Waals surface area contributed by atoms with Gasteiger partial charge in [-0.2, -0.15) is 5.10 Å². The minimum Gasteiger partial charge on any atom is -0.391 e. The van der Waals surface area contributed by atoms with Crippen LogP contribution in [0.4, 0.5) is 0 Å². The molecule has 14 heavy (non-hydrogen) atoms. The minimum atomic E-state index is -0.368. The van der Waals surface area contributed by atoms with Gasteiger partial charge in [0.1, 0.15) is 5.69 Å². The van der Waals surface area contributed by atoms with Gasteiger partial charge in [-0.15, -0.1) is 0 Å². The highest BCUT2D eigenvalue weighted by atomic mass is 16.3. The van der Waals surface area contributed by atoms with Gasteiger partial charge in [0.25, 0.3) is 5.91 Å². The maximum absolute atomic E-state index is 11.8. The van der Waals surface area contributed by atoms with Crippen LogP contribution in [0.3, 0.4) is 0 Å². The molecule has 0 bridgehead atoms. The molecule has 2 rings (SSSR count). The summed E-state index contributed by atoms with van der Waals surface area (Å²) in [6.07, 6.45) is 1.90. The van der Waals surface area contributed by atoms with E-state index in [9.17, 15) is 9.90 Å². The van der Waals surface area contributed by atoms with E-state index in [0.29, 0.717) is 25.2 Å². The van der Waals surface area contributed by atoms with Crippen molar-refractivity contribution in [3.05, 3.63) is 18.0 Å². The third kappa shape index (κ3) is 1.50. The molecule has 1 saturated heterocycles. The van der Waals surface area contributed by atoms with Gasteiger partial charge in [-0.05, 0) is 12.5 Å². The number of β-amino-alcohol motifs (C(OH)–C–C–N with tert-alkyl or cyclic N) is 1. The normalized spacial score (nSPS) is 21.6. The highest BCUT2D eigenvalue weighted by Crippen LogP contribution is 2.12. The van der Waals surface area contributed by atoms with E-state index in [0.717, 1.165) is 0 Å². The topological polar surface area (TPSA) is 58.4 Å². The molecule has 0 saturated carbocycles. The summed E-state index contributed by atoms with van der Waals surface area (Å²) in [6.45, 7) is 1.06. The number of aromatic nitrogens is 2. The Morgan fingerprint density at radius 2 is 2.50 bits per heavy atom. The largest absolute Gasteiger partial charge is 0.391 e. The third-order valence-electron chi connectivity index (χ3n) is 2.49. The lowest BCUT2D eigenvalue weighted by molar-refractivity contribution is 0.0754. The molecule has 0 aromatic carbocycles. The van der Waals surface area contributed by atoms with Crippen molar-refractivity contribution in [1.29, 1.82) is 0 Å². The molecule has 0 spiro atoms. The first-order chi connectivity index (χ1) is 6.68. The lowest BCUT2D eigenvalue weighted by atomic mass is 10.3. The van der Waals surface area contributed by atoms with Crippen LogP contribution >= 0.6 is 0 Å². The molecule has 1 atom stereocenters. The van der Waals surface area contributed by atoms with Gasteiger partial charge in [-0.3, -0.25) is 9.48 Å². The molecule has 0 aliphatic carbocycles. The Hall–Kier alpha value is -1.36. The lowest BCUT2D eigenvalue weighted by Gasteiger charge is -2.14. The molecule has 1 N–H and O–H groups in total. The Kier molecular flexibility index (Phi) is 2.25. The molecular formula is C9H13N3O2. The van der Waals surface area contributed by atoms with Crippen LogP contribution in [0, 0.1) is 0 Å². The number of hydrogen-bond donors (Lipinski definition) is 1. The van der Waals surface area contributed by atoms with E-state index in [1.165, 1.54) is 0 Å². The van der Waals surface area contributed by atoms with Crippen molar-refractivity contribution < 1.29 is 9.90 Å². The summed E-state index contributed by atoms with van der Waals surface area (Å²) in [5.41, 5.74) is 0.569. The maximum Gasteiger partial charge on any atom is 0.272 e. The Morgan fingerprint density at radius 3 is 3.00 bits per heavy atom. The molecule has 0 radical (unpaired) electrons. The molecule has 1 aromatic heterocycles. The summed E-state index contributed by atoms with van der Waals surface area (Å²) >= 11 is 0. The molecule has 1 aromatic rings. The van der Waals surface area contributed by atoms with Gasteiger partial charge in [0, 0.05) is 26.3 Å². The fraction of sp³-hybridized carbons (Fsp3) is 0.556.